The van der Waals surface area contributed by atoms with Crippen molar-refractivity contribution in [3.8, 4) is 0 Å². The molecule has 0 bridgehead atoms. The Morgan fingerprint density at radius 1 is 1.50 bits per heavy atom. The first-order valence-corrected chi connectivity index (χ1v) is 6.30. The maximum atomic E-state index is 10.9. The predicted molar refractivity (Wildman–Crippen MR) is 71.3 cm³/mol. The number of carboxylic acid groups (broad SMARTS) is 1. The Hall–Kier alpha value is -1.66. The van der Waals surface area contributed by atoms with Crippen molar-refractivity contribution in [1.82, 2.24) is 4.37 Å². The van der Waals surface area contributed by atoms with Crippen molar-refractivity contribution in [3.05, 3.63) is 24.3 Å². The predicted octanol–water partition coefficient (Wildman–Crippen LogP) is 1.83. The topological polar surface area (TPSA) is 62.7 Å². The van der Waals surface area contributed by atoms with Crippen LogP contribution in [0.15, 0.2) is 24.3 Å². The minimum Gasteiger partial charge on any atom is -0.480 e. The number of hydrogen-bond donors (Lipinski definition) is 1. The minimum absolute atomic E-state index is 0.0461. The number of fused-ring (bicyclic) bond motifs is 1. The summed E-state index contributed by atoms with van der Waals surface area (Å²) in [7, 11) is 1.60. The number of methoxy groups -OCH3 is 1. The normalized spacial score (nSPS) is 10.7. The summed E-state index contributed by atoms with van der Waals surface area (Å²) in [6.07, 6.45) is 0. The molecule has 2 rings (SSSR count). The minimum atomic E-state index is -0.858. The van der Waals surface area contributed by atoms with Gasteiger partial charge in [0.15, 0.2) is 0 Å². The molecule has 18 heavy (non-hydrogen) atoms. The van der Waals surface area contributed by atoms with E-state index >= 15 is 0 Å². The lowest BCUT2D eigenvalue weighted by molar-refractivity contribution is -0.135. The lowest BCUT2D eigenvalue weighted by Gasteiger charge is -2.20. The van der Waals surface area contributed by atoms with Crippen molar-refractivity contribution in [1.29, 1.82) is 0 Å². The molecule has 0 aliphatic carbocycles. The molecule has 0 saturated heterocycles. The molecule has 1 N–H and O–H groups in total. The van der Waals surface area contributed by atoms with Crippen molar-refractivity contribution >= 4 is 33.4 Å². The zero-order chi connectivity index (χ0) is 13.0. The number of nitrogens with zero attached hydrogens (tertiary/aromatic N) is 2. The van der Waals surface area contributed by atoms with Crippen molar-refractivity contribution < 1.29 is 14.6 Å². The van der Waals surface area contributed by atoms with Gasteiger partial charge in [0.05, 0.1) is 12.1 Å². The highest BCUT2D eigenvalue weighted by Gasteiger charge is 2.15. The SMILES string of the molecule is COCCN(CC(=O)O)c1snc2ccccc12. The first-order chi connectivity index (χ1) is 8.72. The summed E-state index contributed by atoms with van der Waals surface area (Å²) in [5.41, 5.74) is 0.894. The molecular weight excluding hydrogens is 252 g/mol. The fraction of sp³-hybridized carbons (Fsp3) is 0.333. The van der Waals surface area contributed by atoms with Gasteiger partial charge in [0.25, 0.3) is 0 Å². The average molecular weight is 266 g/mol. The van der Waals surface area contributed by atoms with Crippen molar-refractivity contribution in [3.63, 3.8) is 0 Å². The van der Waals surface area contributed by atoms with E-state index in [0.717, 1.165) is 15.9 Å². The summed E-state index contributed by atoms with van der Waals surface area (Å²) in [5.74, 6) is -0.858. The zero-order valence-electron chi connectivity index (χ0n) is 10.00. The van der Waals surface area contributed by atoms with Gasteiger partial charge in [0.2, 0.25) is 0 Å². The van der Waals surface area contributed by atoms with E-state index < -0.39 is 5.97 Å². The molecule has 1 heterocycles. The average Bonchev–Trinajstić information content (AvgIpc) is 2.78. The van der Waals surface area contributed by atoms with Crippen molar-refractivity contribution in [2.24, 2.45) is 0 Å². The fourth-order valence-corrected chi connectivity index (χ4v) is 2.61. The third kappa shape index (κ3) is 2.77. The van der Waals surface area contributed by atoms with Crippen molar-refractivity contribution in [2.75, 3.05) is 31.7 Å². The standard InChI is InChI=1S/C12H14N2O3S/c1-17-7-6-14(8-11(15)16)12-9-4-2-3-5-10(9)13-18-12/h2-5H,6-8H2,1H3,(H,15,16). The van der Waals surface area contributed by atoms with E-state index in [1.165, 1.54) is 11.5 Å². The molecule has 0 fully saturated rings. The molecule has 2 aromatic rings. The van der Waals surface area contributed by atoms with Crippen LogP contribution in [0.2, 0.25) is 0 Å². The van der Waals surface area contributed by atoms with Crippen molar-refractivity contribution in [2.45, 2.75) is 0 Å². The van der Waals surface area contributed by atoms with Gasteiger partial charge in [0, 0.05) is 19.0 Å². The Bertz CT molecular complexity index is 541. The molecule has 0 spiro atoms. The van der Waals surface area contributed by atoms with E-state index in [0.29, 0.717) is 13.2 Å². The quantitative estimate of drug-likeness (QED) is 0.864. The molecule has 0 atom stereocenters. The van der Waals surface area contributed by atoms with Crippen LogP contribution in [-0.4, -0.2) is 42.3 Å². The first kappa shape index (κ1) is 12.8. The van der Waals surface area contributed by atoms with Gasteiger partial charge in [-0.15, -0.1) is 0 Å². The van der Waals surface area contributed by atoms with Crippen LogP contribution in [0.5, 0.6) is 0 Å². The Morgan fingerprint density at radius 3 is 3.00 bits per heavy atom. The van der Waals surface area contributed by atoms with Gasteiger partial charge in [-0.3, -0.25) is 4.79 Å². The van der Waals surface area contributed by atoms with Crippen LogP contribution in [-0.2, 0) is 9.53 Å². The number of benzene rings is 1. The molecule has 0 amide bonds. The summed E-state index contributed by atoms with van der Waals surface area (Å²) in [5, 5.41) is 10.8. The van der Waals surface area contributed by atoms with E-state index in [9.17, 15) is 4.79 Å². The van der Waals surface area contributed by atoms with E-state index in [1.54, 1.807) is 12.0 Å². The highest BCUT2D eigenvalue weighted by Crippen LogP contribution is 2.30. The molecule has 1 aromatic heterocycles. The monoisotopic (exact) mass is 266 g/mol. The van der Waals surface area contributed by atoms with Crippen LogP contribution in [0.3, 0.4) is 0 Å². The molecule has 0 unspecified atom stereocenters. The third-order valence-corrected chi connectivity index (χ3v) is 3.48. The van der Waals surface area contributed by atoms with E-state index in [2.05, 4.69) is 4.37 Å². The molecule has 0 aliphatic rings. The molecule has 96 valence electrons. The second-order valence-corrected chi connectivity index (χ2v) is 4.56. The van der Waals surface area contributed by atoms with Crippen LogP contribution in [0.4, 0.5) is 5.00 Å². The summed E-state index contributed by atoms with van der Waals surface area (Å²) >= 11 is 1.32. The molecular formula is C12H14N2O3S. The van der Waals surface area contributed by atoms with Crippen LogP contribution in [0.25, 0.3) is 10.9 Å². The third-order valence-electron chi connectivity index (χ3n) is 2.54. The summed E-state index contributed by atoms with van der Waals surface area (Å²) in [6, 6.07) is 7.72. The number of aliphatic carboxylic acids is 1. The number of rotatable bonds is 6. The smallest absolute Gasteiger partial charge is 0.323 e. The van der Waals surface area contributed by atoms with Gasteiger partial charge in [-0.25, -0.2) is 0 Å². The Balaban J connectivity index is 2.31. The molecule has 6 heteroatoms. The van der Waals surface area contributed by atoms with Gasteiger partial charge in [-0.05, 0) is 23.7 Å². The molecule has 0 saturated carbocycles. The summed E-state index contributed by atoms with van der Waals surface area (Å²) in [4.78, 5) is 12.7. The highest BCUT2D eigenvalue weighted by molar-refractivity contribution is 7.11. The van der Waals surface area contributed by atoms with E-state index in [1.807, 2.05) is 24.3 Å². The summed E-state index contributed by atoms with van der Waals surface area (Å²) in [6.45, 7) is 0.976. The highest BCUT2D eigenvalue weighted by atomic mass is 32.1. The van der Waals surface area contributed by atoms with Crippen LogP contribution in [0.1, 0.15) is 0 Å². The maximum absolute atomic E-state index is 10.9. The molecule has 0 radical (unpaired) electrons. The largest absolute Gasteiger partial charge is 0.480 e. The van der Waals surface area contributed by atoms with E-state index in [-0.39, 0.29) is 6.54 Å². The van der Waals surface area contributed by atoms with Crippen LogP contribution in [0, 0.1) is 0 Å². The van der Waals surface area contributed by atoms with Gasteiger partial charge in [-0.1, -0.05) is 12.1 Å². The Labute approximate surface area is 109 Å². The number of hydrogen-bond acceptors (Lipinski definition) is 5. The molecule has 1 aromatic carbocycles. The van der Waals surface area contributed by atoms with Crippen LogP contribution < -0.4 is 4.90 Å². The van der Waals surface area contributed by atoms with Gasteiger partial charge in [-0.2, -0.15) is 4.37 Å². The maximum Gasteiger partial charge on any atom is 0.323 e. The Morgan fingerprint density at radius 2 is 2.28 bits per heavy atom. The number of aromatic nitrogens is 1. The number of carbonyl (C=O) groups is 1. The second kappa shape index (κ2) is 5.79. The second-order valence-electron chi connectivity index (χ2n) is 3.81. The fourth-order valence-electron chi connectivity index (χ4n) is 1.72. The van der Waals surface area contributed by atoms with Gasteiger partial charge >= 0.3 is 5.97 Å². The molecule has 5 nitrogen and oxygen atoms in total. The summed E-state index contributed by atoms with van der Waals surface area (Å²) < 4.78 is 9.33. The van der Waals surface area contributed by atoms with Crippen LogP contribution >= 0.6 is 11.5 Å². The first-order valence-electron chi connectivity index (χ1n) is 5.52. The lowest BCUT2D eigenvalue weighted by atomic mass is 10.2. The van der Waals surface area contributed by atoms with Gasteiger partial charge in [0.1, 0.15) is 11.5 Å². The number of anilines is 1. The lowest BCUT2D eigenvalue weighted by Crippen LogP contribution is -2.32. The Kier molecular flexibility index (Phi) is 4.11. The molecule has 0 aliphatic heterocycles. The van der Waals surface area contributed by atoms with E-state index in [4.69, 9.17) is 9.84 Å². The number of ether oxygens (including phenoxy) is 1. The zero-order valence-corrected chi connectivity index (χ0v) is 10.8. The number of carboxylic acids is 1. The van der Waals surface area contributed by atoms with Gasteiger partial charge < -0.3 is 14.7 Å².